The number of nitrogens with zero attached hydrogens (tertiary/aromatic N) is 2. The summed E-state index contributed by atoms with van der Waals surface area (Å²) in [6.45, 7) is 0. The van der Waals surface area contributed by atoms with Gasteiger partial charge in [0, 0.05) is 44.5 Å². The number of rotatable bonds is 5. The molecule has 0 amide bonds. The van der Waals surface area contributed by atoms with E-state index in [0.717, 1.165) is 43.4 Å². The van der Waals surface area contributed by atoms with Crippen LogP contribution in [0.1, 0.15) is 11.1 Å². The van der Waals surface area contributed by atoms with Gasteiger partial charge in [-0.25, -0.2) is 0 Å². The zero-order valence-electron chi connectivity index (χ0n) is 16.2. The summed E-state index contributed by atoms with van der Waals surface area (Å²) in [5.74, 6) is 0. The van der Waals surface area contributed by atoms with Crippen LogP contribution in [0.15, 0.2) is 117 Å². The second-order valence-corrected chi connectivity index (χ2v) is 7.63. The van der Waals surface area contributed by atoms with Gasteiger partial charge in [-0.3, -0.25) is 9.98 Å². The fourth-order valence-electron chi connectivity index (χ4n) is 3.10. The van der Waals surface area contributed by atoms with Crippen LogP contribution in [0.2, 0.25) is 0 Å². The molecule has 4 aromatic carbocycles. The summed E-state index contributed by atoms with van der Waals surface area (Å²) >= 11 is 9.02. The van der Waals surface area contributed by atoms with Gasteiger partial charge in [-0.05, 0) is 24.3 Å². The van der Waals surface area contributed by atoms with Gasteiger partial charge in [0.05, 0.1) is 11.4 Å². The molecule has 0 atom stereocenters. The molecule has 0 spiro atoms. The predicted molar refractivity (Wildman–Crippen MR) is 134 cm³/mol. The summed E-state index contributed by atoms with van der Waals surface area (Å²) in [5.41, 5.74) is 5.77. The predicted octanol–water partition coefficient (Wildman–Crippen LogP) is 7.43. The van der Waals surface area contributed by atoms with Crippen molar-refractivity contribution < 1.29 is 0 Å². The Morgan fingerprint density at radius 1 is 0.467 bits per heavy atom. The van der Waals surface area contributed by atoms with Gasteiger partial charge < -0.3 is 0 Å². The number of para-hydroxylation sites is 2. The van der Waals surface area contributed by atoms with E-state index < -0.39 is 0 Å². The Labute approximate surface area is 187 Å². The average molecular weight is 425 g/mol. The van der Waals surface area contributed by atoms with E-state index in [1.807, 2.05) is 97.4 Å². The molecule has 0 aliphatic rings. The lowest BCUT2D eigenvalue weighted by Crippen LogP contribution is -1.86. The topological polar surface area (TPSA) is 24.7 Å². The molecule has 0 radical (unpaired) electrons. The zero-order chi connectivity index (χ0) is 20.8. The van der Waals surface area contributed by atoms with Crippen molar-refractivity contribution >= 4 is 49.1 Å². The van der Waals surface area contributed by atoms with Crippen molar-refractivity contribution in [3.05, 3.63) is 108 Å². The molecule has 0 saturated heterocycles. The van der Waals surface area contributed by atoms with Crippen LogP contribution in [0.4, 0.5) is 11.4 Å². The highest BCUT2D eigenvalue weighted by Crippen LogP contribution is 2.36. The van der Waals surface area contributed by atoms with Gasteiger partial charge in [-0.1, -0.05) is 72.8 Å². The van der Waals surface area contributed by atoms with Crippen molar-refractivity contribution in [3.63, 3.8) is 0 Å². The zero-order valence-corrected chi connectivity index (χ0v) is 18.0. The molecule has 0 bridgehead atoms. The van der Waals surface area contributed by atoms with Crippen molar-refractivity contribution in [2.24, 2.45) is 9.98 Å². The first kappa shape index (κ1) is 20.2. The van der Waals surface area contributed by atoms with Crippen LogP contribution in [0.3, 0.4) is 0 Å². The maximum Gasteiger partial charge on any atom is 0.0709 e. The second-order valence-electron chi connectivity index (χ2n) is 6.67. The number of hydrogen-bond acceptors (Lipinski definition) is 4. The number of benzene rings is 4. The Bertz CT molecular complexity index is 1130. The van der Waals surface area contributed by atoms with E-state index in [1.54, 1.807) is 0 Å². The highest BCUT2D eigenvalue weighted by Gasteiger charge is 2.08. The molecular weight excluding hydrogens is 404 g/mol. The monoisotopic (exact) mass is 424 g/mol. The standard InChI is InChI=1S/C26H20N2S2/c29-25-15-7-1-9-19(25)17-27-23-13-5-3-11-21(23)22-12-4-6-14-24(22)28-18-20-10-2-8-16-26(20)30/h1-18,29-30H. The lowest BCUT2D eigenvalue weighted by Gasteiger charge is -2.09. The summed E-state index contributed by atoms with van der Waals surface area (Å²) in [6.07, 6.45) is 3.70. The number of thiol groups is 2. The molecule has 0 aliphatic heterocycles. The normalized spacial score (nSPS) is 11.4. The summed E-state index contributed by atoms with van der Waals surface area (Å²) in [4.78, 5) is 11.3. The van der Waals surface area contributed by atoms with E-state index in [-0.39, 0.29) is 0 Å². The molecule has 0 fully saturated rings. The van der Waals surface area contributed by atoms with E-state index in [2.05, 4.69) is 37.4 Å². The summed E-state index contributed by atoms with van der Waals surface area (Å²) in [6, 6.07) is 32.0. The lowest BCUT2D eigenvalue weighted by atomic mass is 10.0. The Kier molecular flexibility index (Phi) is 6.47. The van der Waals surface area contributed by atoms with Crippen LogP contribution >= 0.6 is 25.3 Å². The molecule has 0 unspecified atom stereocenters. The third-order valence-corrected chi connectivity index (χ3v) is 5.47. The summed E-state index contributed by atoms with van der Waals surface area (Å²) in [7, 11) is 0. The van der Waals surface area contributed by atoms with E-state index in [1.165, 1.54) is 0 Å². The summed E-state index contributed by atoms with van der Waals surface area (Å²) < 4.78 is 0. The molecule has 146 valence electrons. The van der Waals surface area contributed by atoms with Gasteiger partial charge in [-0.15, -0.1) is 25.3 Å². The Morgan fingerprint density at radius 2 is 0.833 bits per heavy atom. The van der Waals surface area contributed by atoms with Crippen molar-refractivity contribution in [1.29, 1.82) is 0 Å². The maximum absolute atomic E-state index is 4.75. The molecule has 0 N–H and O–H groups in total. The smallest absolute Gasteiger partial charge is 0.0709 e. The molecule has 4 heteroatoms. The summed E-state index contributed by atoms with van der Waals surface area (Å²) in [5, 5.41) is 0. The van der Waals surface area contributed by atoms with Gasteiger partial charge in [0.1, 0.15) is 0 Å². The van der Waals surface area contributed by atoms with Gasteiger partial charge in [0.2, 0.25) is 0 Å². The van der Waals surface area contributed by atoms with Crippen molar-refractivity contribution in [2.45, 2.75) is 9.79 Å². The number of hydrogen-bond donors (Lipinski definition) is 2. The average Bonchev–Trinajstić information content (AvgIpc) is 2.78. The van der Waals surface area contributed by atoms with Crippen LogP contribution in [0.5, 0.6) is 0 Å². The van der Waals surface area contributed by atoms with Crippen molar-refractivity contribution in [1.82, 2.24) is 0 Å². The van der Waals surface area contributed by atoms with Crippen molar-refractivity contribution in [2.75, 3.05) is 0 Å². The van der Waals surface area contributed by atoms with Gasteiger partial charge in [-0.2, -0.15) is 0 Å². The Hall–Kier alpha value is -3.08. The Morgan fingerprint density at radius 3 is 1.27 bits per heavy atom. The first-order valence-electron chi connectivity index (χ1n) is 9.55. The van der Waals surface area contributed by atoms with E-state index in [9.17, 15) is 0 Å². The highest BCUT2D eigenvalue weighted by atomic mass is 32.1. The van der Waals surface area contributed by atoms with Gasteiger partial charge in [0.25, 0.3) is 0 Å². The van der Waals surface area contributed by atoms with Crippen LogP contribution in [-0.4, -0.2) is 12.4 Å². The minimum Gasteiger partial charge on any atom is -0.256 e. The third kappa shape index (κ3) is 4.73. The molecule has 0 heterocycles. The third-order valence-electron chi connectivity index (χ3n) is 4.66. The SMILES string of the molecule is Sc1ccccc1C=Nc1ccccc1-c1ccccc1N=Cc1ccccc1S. The molecule has 0 aromatic heterocycles. The van der Waals surface area contributed by atoms with Gasteiger partial charge in [0.15, 0.2) is 0 Å². The van der Waals surface area contributed by atoms with Crippen LogP contribution in [0, 0.1) is 0 Å². The van der Waals surface area contributed by atoms with Gasteiger partial charge >= 0.3 is 0 Å². The molecule has 4 rings (SSSR count). The van der Waals surface area contributed by atoms with Crippen LogP contribution in [-0.2, 0) is 0 Å². The van der Waals surface area contributed by atoms with Crippen LogP contribution in [0.25, 0.3) is 11.1 Å². The molecule has 30 heavy (non-hydrogen) atoms. The lowest BCUT2D eigenvalue weighted by molar-refractivity contribution is 1.42. The van der Waals surface area contributed by atoms with E-state index in [4.69, 9.17) is 9.98 Å². The fraction of sp³-hybridized carbons (Fsp3) is 0. The largest absolute Gasteiger partial charge is 0.256 e. The Balaban J connectivity index is 1.72. The van der Waals surface area contributed by atoms with Crippen LogP contribution < -0.4 is 0 Å². The first-order chi connectivity index (χ1) is 14.7. The molecule has 2 nitrogen and oxygen atoms in total. The maximum atomic E-state index is 4.75. The van der Waals surface area contributed by atoms with E-state index in [0.29, 0.717) is 0 Å². The van der Waals surface area contributed by atoms with Crippen molar-refractivity contribution in [3.8, 4) is 11.1 Å². The minimum absolute atomic E-state index is 0.881. The quantitative estimate of drug-likeness (QED) is 0.246. The first-order valence-corrected chi connectivity index (χ1v) is 10.4. The minimum atomic E-state index is 0.881. The molecular formula is C26H20N2S2. The molecule has 0 saturated carbocycles. The highest BCUT2D eigenvalue weighted by molar-refractivity contribution is 7.80. The molecule has 4 aromatic rings. The second kappa shape index (κ2) is 9.61. The van der Waals surface area contributed by atoms with E-state index >= 15 is 0 Å². The number of aliphatic imine (C=N–C) groups is 2. The fourth-order valence-corrected chi connectivity index (χ4v) is 3.54. The molecule has 0 aliphatic carbocycles.